The van der Waals surface area contributed by atoms with Crippen LogP contribution in [0.1, 0.15) is 161 Å². The van der Waals surface area contributed by atoms with E-state index in [9.17, 15) is 73.2 Å². The second-order valence-corrected chi connectivity index (χ2v) is 23.5. The molecule has 2 aromatic carbocycles. The summed E-state index contributed by atoms with van der Waals surface area (Å²) >= 11 is 0. The van der Waals surface area contributed by atoms with Crippen LogP contribution >= 0.6 is 0 Å². The van der Waals surface area contributed by atoms with Gasteiger partial charge in [-0.05, 0) is 86.8 Å². The van der Waals surface area contributed by atoms with Crippen LogP contribution < -0.4 is 43.0 Å². The number of aromatic nitrogens is 1. The van der Waals surface area contributed by atoms with E-state index in [1.54, 1.807) is 36.5 Å². The highest BCUT2D eigenvalue weighted by molar-refractivity contribution is 5.87. The summed E-state index contributed by atoms with van der Waals surface area (Å²) in [6.07, 6.45) is 2.02. The van der Waals surface area contributed by atoms with Gasteiger partial charge in [0.15, 0.2) is 0 Å². The molecule has 3 aromatic rings. The Bertz CT molecular complexity index is 2720. The highest BCUT2D eigenvalue weighted by atomic mass is 16.4. The fraction of sp³-hybridized carbons (Fsp3) is 0.590. The van der Waals surface area contributed by atoms with Crippen molar-refractivity contribution >= 4 is 76.1 Å². The molecule has 14 N–H and O–H groups in total. The summed E-state index contributed by atoms with van der Waals surface area (Å²) in [4.78, 5) is 146. The minimum absolute atomic E-state index is 0.000505. The summed E-state index contributed by atoms with van der Waals surface area (Å²) in [6.45, 7) is 7.74. The molecular formula is C61H89N9O15. The summed E-state index contributed by atoms with van der Waals surface area (Å²) in [5, 5.41) is 58.6. The van der Waals surface area contributed by atoms with Crippen LogP contribution in [0, 0.1) is 17.8 Å². The molecular weight excluding hydrogens is 1100 g/mol. The Hall–Kier alpha value is -7.89. The van der Waals surface area contributed by atoms with Gasteiger partial charge in [-0.15, -0.1) is 0 Å². The molecule has 0 unspecified atom stereocenters. The fourth-order valence-corrected chi connectivity index (χ4v) is 11.0. The minimum atomic E-state index is -1.23. The van der Waals surface area contributed by atoms with E-state index >= 15 is 0 Å². The largest absolute Gasteiger partial charge is 0.481 e. The first-order valence-electron chi connectivity index (χ1n) is 29.6. The van der Waals surface area contributed by atoms with E-state index in [0.717, 1.165) is 22.0 Å². The normalized spacial score (nSPS) is 16.6. The van der Waals surface area contributed by atoms with Crippen LogP contribution in [0.5, 0.6) is 0 Å². The molecule has 1 heterocycles. The Kier molecular flexibility index (Phi) is 29.5. The lowest BCUT2D eigenvalue weighted by atomic mass is 9.83. The quantitative estimate of drug-likeness (QED) is 0.0377. The van der Waals surface area contributed by atoms with Crippen molar-refractivity contribution in [2.45, 2.75) is 211 Å². The van der Waals surface area contributed by atoms with Crippen LogP contribution in [-0.2, 0) is 65.6 Å². The van der Waals surface area contributed by atoms with E-state index in [1.165, 1.54) is 0 Å². The Morgan fingerprint density at radius 1 is 0.494 bits per heavy atom. The van der Waals surface area contributed by atoms with Gasteiger partial charge in [0.05, 0.1) is 12.3 Å². The zero-order valence-corrected chi connectivity index (χ0v) is 49.3. The maximum Gasteiger partial charge on any atom is 0.305 e. The number of benzene rings is 2. The van der Waals surface area contributed by atoms with Crippen LogP contribution in [0.4, 0.5) is 0 Å². The molecule has 0 bridgehead atoms. The van der Waals surface area contributed by atoms with Gasteiger partial charge in [-0.2, -0.15) is 0 Å². The number of rotatable bonds is 39. The van der Waals surface area contributed by atoms with Gasteiger partial charge >= 0.3 is 23.9 Å². The van der Waals surface area contributed by atoms with Crippen molar-refractivity contribution in [1.29, 1.82) is 0 Å². The Morgan fingerprint density at radius 2 is 0.941 bits per heavy atom. The number of aromatic amines is 1. The average Bonchev–Trinajstić information content (AvgIpc) is 3.64. The Labute approximate surface area is 496 Å². The van der Waals surface area contributed by atoms with E-state index in [1.807, 2.05) is 52.0 Å². The SMILES string of the molecule is CC(C)C[C@H](N)CC(=O)N[C@@H](CCC(=O)O)CC(=O)N[C@H]1CCCC[C@@H]1C(=O)N[C@H](CC(=O)N[C@@H](CCC(=O)O)CC(=O)N[C@H](CC(=O)N[C@H](CC(=O)N[C@@H](CCC(=O)O)CC(=O)O)Cc1ccccc1)CC(C)C)Cc1c[nH]c2ccccc12. The highest BCUT2D eigenvalue weighted by Crippen LogP contribution is 2.27. The van der Waals surface area contributed by atoms with E-state index in [4.69, 9.17) is 5.73 Å². The summed E-state index contributed by atoms with van der Waals surface area (Å²) in [5.41, 5.74) is 8.54. The third kappa shape index (κ3) is 28.0. The number of nitrogens with one attached hydrogen (secondary N) is 8. The Morgan fingerprint density at radius 3 is 1.48 bits per heavy atom. The molecule has 468 valence electrons. The molecule has 1 saturated carbocycles. The van der Waals surface area contributed by atoms with Gasteiger partial charge in [0.1, 0.15) is 0 Å². The van der Waals surface area contributed by atoms with Crippen LogP contribution in [-0.4, -0.2) is 139 Å². The number of fused-ring (bicyclic) bond motifs is 1. The number of carboxylic acids is 4. The van der Waals surface area contributed by atoms with Crippen molar-refractivity contribution in [2.75, 3.05) is 0 Å². The van der Waals surface area contributed by atoms with Gasteiger partial charge in [-0.3, -0.25) is 52.7 Å². The predicted octanol–water partition coefficient (Wildman–Crippen LogP) is 4.37. The topological polar surface area (TPSA) is 395 Å². The van der Waals surface area contributed by atoms with Gasteiger partial charge in [-0.1, -0.05) is 89.1 Å². The molecule has 0 aliphatic heterocycles. The molecule has 24 heteroatoms. The second kappa shape index (κ2) is 36.1. The van der Waals surface area contributed by atoms with E-state index < -0.39 is 132 Å². The smallest absolute Gasteiger partial charge is 0.305 e. The molecule has 1 aliphatic rings. The molecule has 85 heavy (non-hydrogen) atoms. The van der Waals surface area contributed by atoms with Crippen LogP contribution in [0.3, 0.4) is 0 Å². The van der Waals surface area contributed by atoms with Crippen molar-refractivity contribution in [1.82, 2.24) is 42.2 Å². The third-order valence-corrected chi connectivity index (χ3v) is 14.8. The first-order valence-corrected chi connectivity index (χ1v) is 29.6. The molecule has 1 fully saturated rings. The Balaban J connectivity index is 1.48. The number of para-hydroxylation sites is 1. The second-order valence-electron chi connectivity index (χ2n) is 23.5. The third-order valence-electron chi connectivity index (χ3n) is 14.8. The van der Waals surface area contributed by atoms with Gasteiger partial charge in [0.2, 0.25) is 41.4 Å². The van der Waals surface area contributed by atoms with Gasteiger partial charge < -0.3 is 68.4 Å². The molecule has 4 rings (SSSR count). The van der Waals surface area contributed by atoms with Crippen LogP contribution in [0.2, 0.25) is 0 Å². The maximum atomic E-state index is 14.5. The van der Waals surface area contributed by atoms with Gasteiger partial charge in [0.25, 0.3) is 0 Å². The molecule has 9 atom stereocenters. The number of carboxylic acid groups (broad SMARTS) is 4. The van der Waals surface area contributed by atoms with Crippen molar-refractivity contribution in [2.24, 2.45) is 23.5 Å². The lowest BCUT2D eigenvalue weighted by Crippen LogP contribution is -2.52. The molecule has 0 spiro atoms. The molecule has 24 nitrogen and oxygen atoms in total. The lowest BCUT2D eigenvalue weighted by Gasteiger charge is -2.33. The zero-order valence-electron chi connectivity index (χ0n) is 49.3. The molecule has 1 aromatic heterocycles. The summed E-state index contributed by atoms with van der Waals surface area (Å²) in [7, 11) is 0. The van der Waals surface area contributed by atoms with Crippen molar-refractivity contribution in [3.63, 3.8) is 0 Å². The number of hydrogen-bond acceptors (Lipinski definition) is 12. The van der Waals surface area contributed by atoms with E-state index in [2.05, 4.69) is 42.2 Å². The fourth-order valence-electron chi connectivity index (χ4n) is 11.0. The van der Waals surface area contributed by atoms with E-state index in [0.29, 0.717) is 38.5 Å². The number of nitrogens with two attached hydrogens (primary N) is 1. The first-order chi connectivity index (χ1) is 40.3. The summed E-state index contributed by atoms with van der Waals surface area (Å²) in [5.74, 6) is -8.78. The van der Waals surface area contributed by atoms with Crippen LogP contribution in [0.25, 0.3) is 10.9 Å². The predicted molar refractivity (Wildman–Crippen MR) is 315 cm³/mol. The lowest BCUT2D eigenvalue weighted by molar-refractivity contribution is -0.140. The zero-order chi connectivity index (χ0) is 62.6. The number of carbonyl (C=O) groups is 11. The molecule has 0 saturated heterocycles. The average molecular weight is 1190 g/mol. The first kappa shape index (κ1) is 69.6. The number of carbonyl (C=O) groups excluding carboxylic acids is 7. The van der Waals surface area contributed by atoms with Crippen LogP contribution in [0.15, 0.2) is 60.8 Å². The van der Waals surface area contributed by atoms with E-state index in [-0.39, 0.29) is 95.3 Å². The monoisotopic (exact) mass is 1190 g/mol. The maximum absolute atomic E-state index is 14.5. The molecule has 1 aliphatic carbocycles. The molecule has 0 radical (unpaired) electrons. The molecule has 7 amide bonds. The van der Waals surface area contributed by atoms with Crippen molar-refractivity contribution in [3.8, 4) is 0 Å². The summed E-state index contributed by atoms with van der Waals surface area (Å²) < 4.78 is 0. The standard InChI is InChI=1S/C61H89N9O15/c1-36(2)24-40(62)28-51(71)64-42(19-22-58(79)80)30-56(76)70-50-17-11-9-15-48(50)61(85)69-46(27-39-35-63-49-16-10-8-14-47(39)49)33-54(74)65-41(18-21-57(77)78)29-52(72)67-44(25-37(3)4)31-55(75)68-45(26-38-12-6-5-7-13-38)32-53(73)66-43(34-60(83)84)20-23-59(81)82/h5-8,10,12-14,16,35-37,40-46,48,50,63H,9,11,15,17-34,62H2,1-4H3,(H,64,71)(H,65,74)(H,66,73)(H,67,72)(H,68,75)(H,69,85)(H,70,76)(H,77,78)(H,79,80)(H,81,82)(H,83,84)/t40-,41-,42-,43-,44-,45-,46-,48-,50-/m0/s1. The highest BCUT2D eigenvalue weighted by Gasteiger charge is 2.35. The number of amides is 7. The summed E-state index contributed by atoms with van der Waals surface area (Å²) in [6, 6.07) is 10.2. The number of hydrogen-bond donors (Lipinski definition) is 13. The van der Waals surface area contributed by atoms with Gasteiger partial charge in [0, 0.05) is 123 Å². The number of aliphatic carboxylic acids is 4. The van der Waals surface area contributed by atoms with Crippen molar-refractivity contribution < 1.29 is 73.2 Å². The van der Waals surface area contributed by atoms with Gasteiger partial charge in [-0.25, -0.2) is 0 Å². The van der Waals surface area contributed by atoms with Crippen molar-refractivity contribution in [3.05, 3.63) is 71.9 Å². The minimum Gasteiger partial charge on any atom is -0.481 e. The number of H-pyrrole nitrogens is 1.